The van der Waals surface area contributed by atoms with Gasteiger partial charge < -0.3 is 15.2 Å². The minimum absolute atomic E-state index is 0.121. The summed E-state index contributed by atoms with van der Waals surface area (Å²) in [4.78, 5) is 10.7. The lowest BCUT2D eigenvalue weighted by Crippen LogP contribution is -2.20. The zero-order valence-electron chi connectivity index (χ0n) is 12.2. The second-order valence-corrected chi connectivity index (χ2v) is 6.07. The minimum atomic E-state index is -1.28. The molecule has 0 aliphatic rings. The predicted octanol–water partition coefficient (Wildman–Crippen LogP) is 2.22. The molecule has 6 heteroatoms. The van der Waals surface area contributed by atoms with Gasteiger partial charge in [0.1, 0.15) is 23.0 Å². The average molecular weight is 319 g/mol. The van der Waals surface area contributed by atoms with Crippen LogP contribution in [-0.2, 0) is 21.3 Å². The number of amides is 1. The smallest absolute Gasteiger partial charge is 0.230 e. The van der Waals surface area contributed by atoms with E-state index in [-0.39, 0.29) is 5.75 Å². The molecule has 0 aliphatic heterocycles. The minimum Gasteiger partial charge on any atom is -0.497 e. The Kier molecular flexibility index (Phi) is 5.55. The SMILES string of the molecule is COc1ccc(Oc2ccc(C[S@@](=O)CC(N)=O)cc2)cc1. The van der Waals surface area contributed by atoms with Gasteiger partial charge in [0.15, 0.2) is 0 Å². The van der Waals surface area contributed by atoms with Crippen molar-refractivity contribution in [2.45, 2.75) is 5.75 Å². The Bertz CT molecular complexity index is 653. The fourth-order valence-corrected chi connectivity index (χ4v) is 2.81. The van der Waals surface area contributed by atoms with Crippen LogP contribution in [0.1, 0.15) is 5.56 Å². The molecule has 22 heavy (non-hydrogen) atoms. The first-order chi connectivity index (χ1) is 10.6. The molecular weight excluding hydrogens is 302 g/mol. The Morgan fingerprint density at radius 3 is 2.00 bits per heavy atom. The second-order valence-electron chi connectivity index (χ2n) is 4.62. The molecule has 2 aromatic rings. The van der Waals surface area contributed by atoms with Crippen molar-refractivity contribution in [3.8, 4) is 17.2 Å². The van der Waals surface area contributed by atoms with E-state index in [0.29, 0.717) is 17.3 Å². The fraction of sp³-hybridized carbons (Fsp3) is 0.188. The van der Waals surface area contributed by atoms with Gasteiger partial charge in [0.25, 0.3) is 0 Å². The monoisotopic (exact) mass is 319 g/mol. The lowest BCUT2D eigenvalue weighted by Gasteiger charge is -2.07. The molecule has 0 aromatic heterocycles. The number of carbonyl (C=O) groups is 1. The van der Waals surface area contributed by atoms with E-state index >= 15 is 0 Å². The number of carbonyl (C=O) groups excluding carboxylic acids is 1. The van der Waals surface area contributed by atoms with Gasteiger partial charge in [0.2, 0.25) is 5.91 Å². The molecule has 0 saturated carbocycles. The van der Waals surface area contributed by atoms with Crippen LogP contribution in [0.4, 0.5) is 0 Å². The van der Waals surface area contributed by atoms with E-state index in [9.17, 15) is 9.00 Å². The van der Waals surface area contributed by atoms with Crippen molar-refractivity contribution in [1.29, 1.82) is 0 Å². The van der Waals surface area contributed by atoms with Crippen LogP contribution in [0.2, 0.25) is 0 Å². The molecule has 0 saturated heterocycles. The zero-order valence-corrected chi connectivity index (χ0v) is 13.0. The van der Waals surface area contributed by atoms with Crippen LogP contribution in [0.25, 0.3) is 0 Å². The zero-order chi connectivity index (χ0) is 15.9. The first kappa shape index (κ1) is 16.0. The number of ether oxygens (including phenoxy) is 2. The number of nitrogens with two attached hydrogens (primary N) is 1. The Morgan fingerprint density at radius 1 is 1.00 bits per heavy atom. The summed E-state index contributed by atoms with van der Waals surface area (Å²) >= 11 is 0. The summed E-state index contributed by atoms with van der Waals surface area (Å²) in [6, 6.07) is 14.5. The Hall–Kier alpha value is -2.34. The molecule has 2 aromatic carbocycles. The van der Waals surface area contributed by atoms with Crippen molar-refractivity contribution in [2.75, 3.05) is 12.9 Å². The number of benzene rings is 2. The van der Waals surface area contributed by atoms with Gasteiger partial charge in [-0.1, -0.05) is 12.1 Å². The number of hydrogen-bond donors (Lipinski definition) is 1. The molecule has 2 N–H and O–H groups in total. The molecule has 2 rings (SSSR count). The third-order valence-corrected chi connectivity index (χ3v) is 4.11. The van der Waals surface area contributed by atoms with Crippen molar-refractivity contribution >= 4 is 16.7 Å². The Balaban J connectivity index is 1.96. The van der Waals surface area contributed by atoms with E-state index in [1.54, 1.807) is 19.2 Å². The van der Waals surface area contributed by atoms with Crippen molar-refractivity contribution in [3.63, 3.8) is 0 Å². The summed E-state index contributed by atoms with van der Waals surface area (Å²) < 4.78 is 22.4. The van der Waals surface area contributed by atoms with Crippen molar-refractivity contribution in [3.05, 3.63) is 54.1 Å². The van der Waals surface area contributed by atoms with Crippen molar-refractivity contribution < 1.29 is 18.5 Å². The number of hydrogen-bond acceptors (Lipinski definition) is 4. The van der Waals surface area contributed by atoms with E-state index in [1.807, 2.05) is 36.4 Å². The topological polar surface area (TPSA) is 78.6 Å². The van der Waals surface area contributed by atoms with E-state index in [2.05, 4.69) is 0 Å². The van der Waals surface area contributed by atoms with Crippen LogP contribution in [0.3, 0.4) is 0 Å². The molecule has 0 fully saturated rings. The highest BCUT2D eigenvalue weighted by molar-refractivity contribution is 7.84. The largest absolute Gasteiger partial charge is 0.497 e. The normalized spacial score (nSPS) is 11.7. The second kappa shape index (κ2) is 7.61. The van der Waals surface area contributed by atoms with Gasteiger partial charge in [-0.3, -0.25) is 9.00 Å². The molecule has 0 aliphatic carbocycles. The van der Waals surface area contributed by atoms with Gasteiger partial charge >= 0.3 is 0 Å². The average Bonchev–Trinajstić information content (AvgIpc) is 2.49. The van der Waals surface area contributed by atoms with Gasteiger partial charge in [-0.2, -0.15) is 0 Å². The van der Waals surface area contributed by atoms with Crippen LogP contribution in [0, 0.1) is 0 Å². The molecular formula is C16H17NO4S. The quantitative estimate of drug-likeness (QED) is 0.849. The Morgan fingerprint density at radius 2 is 1.50 bits per heavy atom. The third kappa shape index (κ3) is 4.89. The maximum atomic E-state index is 11.6. The highest BCUT2D eigenvalue weighted by Crippen LogP contribution is 2.24. The van der Waals surface area contributed by atoms with Gasteiger partial charge in [0, 0.05) is 16.6 Å². The van der Waals surface area contributed by atoms with Crippen molar-refractivity contribution in [1.82, 2.24) is 0 Å². The number of primary amides is 1. The predicted molar refractivity (Wildman–Crippen MR) is 85.4 cm³/mol. The van der Waals surface area contributed by atoms with E-state index in [1.165, 1.54) is 0 Å². The van der Waals surface area contributed by atoms with Gasteiger partial charge in [-0.15, -0.1) is 0 Å². The van der Waals surface area contributed by atoms with Crippen LogP contribution >= 0.6 is 0 Å². The summed E-state index contributed by atoms with van der Waals surface area (Å²) in [6.07, 6.45) is 0. The van der Waals surface area contributed by atoms with Crippen LogP contribution in [0.15, 0.2) is 48.5 Å². The highest BCUT2D eigenvalue weighted by Gasteiger charge is 2.06. The summed E-state index contributed by atoms with van der Waals surface area (Å²) in [6.45, 7) is 0. The highest BCUT2D eigenvalue weighted by atomic mass is 32.2. The molecule has 0 radical (unpaired) electrons. The van der Waals surface area contributed by atoms with Gasteiger partial charge in [-0.05, 0) is 42.0 Å². The van der Waals surface area contributed by atoms with Crippen molar-refractivity contribution in [2.24, 2.45) is 5.73 Å². The van der Waals surface area contributed by atoms with E-state index < -0.39 is 16.7 Å². The molecule has 1 atom stereocenters. The molecule has 0 heterocycles. The van der Waals surface area contributed by atoms with E-state index in [4.69, 9.17) is 15.2 Å². The maximum absolute atomic E-state index is 11.6. The van der Waals surface area contributed by atoms with Crippen LogP contribution < -0.4 is 15.2 Å². The van der Waals surface area contributed by atoms with Crippen LogP contribution in [-0.4, -0.2) is 23.0 Å². The first-order valence-corrected chi connectivity index (χ1v) is 8.10. The number of methoxy groups -OCH3 is 1. The van der Waals surface area contributed by atoms with Gasteiger partial charge in [0.05, 0.1) is 7.11 Å². The molecule has 5 nitrogen and oxygen atoms in total. The Labute approximate surface area is 131 Å². The fourth-order valence-electron chi connectivity index (χ4n) is 1.83. The standard InChI is InChI=1S/C16H17NO4S/c1-20-13-6-8-15(9-7-13)21-14-4-2-12(3-5-14)10-22(19)11-16(17)18/h2-9H,10-11H2,1H3,(H2,17,18)/t22-/m1/s1. The van der Waals surface area contributed by atoms with Crippen LogP contribution in [0.5, 0.6) is 17.2 Å². The number of rotatable bonds is 7. The lowest BCUT2D eigenvalue weighted by atomic mass is 10.2. The first-order valence-electron chi connectivity index (χ1n) is 6.61. The molecule has 116 valence electrons. The van der Waals surface area contributed by atoms with Gasteiger partial charge in [-0.25, -0.2) is 0 Å². The lowest BCUT2D eigenvalue weighted by molar-refractivity contribution is -0.115. The summed E-state index contributed by atoms with van der Waals surface area (Å²) in [5.41, 5.74) is 5.88. The summed E-state index contributed by atoms with van der Waals surface area (Å²) in [5, 5.41) is 0. The summed E-state index contributed by atoms with van der Waals surface area (Å²) in [5.74, 6) is 1.76. The molecule has 0 unspecified atom stereocenters. The third-order valence-electron chi connectivity index (χ3n) is 2.85. The maximum Gasteiger partial charge on any atom is 0.230 e. The molecule has 0 bridgehead atoms. The summed E-state index contributed by atoms with van der Waals surface area (Å²) in [7, 11) is 0.329. The van der Waals surface area contributed by atoms with E-state index in [0.717, 1.165) is 11.3 Å². The molecule has 1 amide bonds. The molecule has 0 spiro atoms.